The molecule has 50 heavy (non-hydrogen) atoms. The van der Waals surface area contributed by atoms with Gasteiger partial charge in [-0.05, 0) is 63.4 Å². The number of likely N-dealkylation sites (N-methyl/N-ethyl adjacent to an activating group) is 1. The predicted molar refractivity (Wildman–Crippen MR) is 192 cm³/mol. The third-order valence-corrected chi connectivity index (χ3v) is 10.8. The number of hydrogen-bond acceptors (Lipinski definition) is 12. The van der Waals surface area contributed by atoms with Crippen molar-refractivity contribution in [1.29, 1.82) is 0 Å². The summed E-state index contributed by atoms with van der Waals surface area (Å²) in [5, 5.41) is 6.82. The van der Waals surface area contributed by atoms with Crippen LogP contribution in [0, 0.1) is 0 Å². The van der Waals surface area contributed by atoms with Gasteiger partial charge in [0.2, 0.25) is 11.8 Å². The van der Waals surface area contributed by atoms with Crippen molar-refractivity contribution in [2.75, 3.05) is 81.8 Å². The molecule has 12 nitrogen and oxygen atoms in total. The summed E-state index contributed by atoms with van der Waals surface area (Å²) in [6.07, 6.45) is 2.36. The summed E-state index contributed by atoms with van der Waals surface area (Å²) in [6, 6.07) is 5.69. The molecule has 2 aliphatic rings. The molecule has 17 heteroatoms. The van der Waals surface area contributed by atoms with Crippen molar-refractivity contribution in [3.8, 4) is 5.88 Å². The second kappa shape index (κ2) is 14.8. The Kier molecular flexibility index (Phi) is 10.7. The number of alkyl halides is 3. The molecule has 0 bridgehead atoms. The molecule has 0 spiro atoms. The third kappa shape index (κ3) is 8.39. The van der Waals surface area contributed by atoms with Crippen LogP contribution in [-0.2, 0) is 11.0 Å². The normalized spacial score (nSPS) is 16.9. The van der Waals surface area contributed by atoms with Crippen molar-refractivity contribution in [3.63, 3.8) is 0 Å². The van der Waals surface area contributed by atoms with Gasteiger partial charge in [-0.2, -0.15) is 23.1 Å². The Morgan fingerprint density at radius 2 is 1.70 bits per heavy atom. The van der Waals surface area contributed by atoms with Gasteiger partial charge in [0.25, 0.3) is 0 Å². The maximum atomic E-state index is 13.4. The lowest BCUT2D eigenvalue weighted by Gasteiger charge is -2.42. The van der Waals surface area contributed by atoms with Crippen LogP contribution < -0.4 is 25.6 Å². The van der Waals surface area contributed by atoms with Gasteiger partial charge in [0.05, 0.1) is 22.7 Å². The molecule has 6 rings (SSSR count). The van der Waals surface area contributed by atoms with Gasteiger partial charge in [-0.25, -0.2) is 4.98 Å². The smallest absolute Gasteiger partial charge is 0.422 e. The molecule has 0 radical (unpaired) electrons. The van der Waals surface area contributed by atoms with Gasteiger partial charge in [-0.1, -0.05) is 18.5 Å². The van der Waals surface area contributed by atoms with Crippen LogP contribution in [0.1, 0.15) is 25.3 Å². The zero-order chi connectivity index (χ0) is 35.6. The topological polar surface area (TPSA) is 125 Å². The molecule has 0 saturated carbocycles. The highest BCUT2D eigenvalue weighted by atomic mass is 35.5. The average molecular weight is 733 g/mol. The molecule has 0 aliphatic carbocycles. The number of ether oxygens (including phenoxy) is 1. The summed E-state index contributed by atoms with van der Waals surface area (Å²) in [6.45, 7) is 9.38. The Hall–Kier alpha value is -3.78. The van der Waals surface area contributed by atoms with E-state index in [9.17, 15) is 17.7 Å². The molecule has 2 aliphatic heterocycles. The minimum absolute atomic E-state index is 0.0386. The summed E-state index contributed by atoms with van der Waals surface area (Å²) in [4.78, 5) is 29.2. The zero-order valence-corrected chi connectivity index (χ0v) is 30.1. The molecule has 1 aromatic carbocycles. The van der Waals surface area contributed by atoms with Crippen LogP contribution in [0.5, 0.6) is 5.88 Å². The Morgan fingerprint density at radius 3 is 2.38 bits per heavy atom. The van der Waals surface area contributed by atoms with Crippen LogP contribution in [0.15, 0.2) is 36.8 Å². The number of anilines is 5. The van der Waals surface area contributed by atoms with E-state index in [0.29, 0.717) is 40.3 Å². The highest BCUT2D eigenvalue weighted by Crippen LogP contribution is 2.41. The summed E-state index contributed by atoms with van der Waals surface area (Å²) < 4.78 is 58.9. The summed E-state index contributed by atoms with van der Waals surface area (Å²) >= 11 is 6.50. The Morgan fingerprint density at radius 1 is 0.980 bits per heavy atom. The molecule has 2 saturated heterocycles. The lowest BCUT2D eigenvalue weighted by molar-refractivity contribution is -0.153. The monoisotopic (exact) mass is 732 g/mol. The van der Waals surface area contributed by atoms with E-state index in [1.807, 2.05) is 6.92 Å². The SMILES string of the molecule is CCc1cc(Nc2ncc(Cl)c(Nc3ccc4nccnc4c3P(C)(C)=O)n2)c(OCC(F)(F)F)nc1N1CCC(N2CCN(C)CC2)CC1. The highest BCUT2D eigenvalue weighted by molar-refractivity contribution is 7.71. The molecule has 2 N–H and O–H groups in total. The molecule has 2 fully saturated rings. The summed E-state index contributed by atoms with van der Waals surface area (Å²) in [5.74, 6) is 0.624. The lowest BCUT2D eigenvalue weighted by Crippen LogP contribution is -2.52. The number of hydrogen-bond donors (Lipinski definition) is 2. The number of nitrogens with one attached hydrogen (secondary N) is 2. The van der Waals surface area contributed by atoms with Crippen LogP contribution in [0.4, 0.5) is 42.1 Å². The fourth-order valence-corrected chi connectivity index (χ4v) is 8.00. The maximum absolute atomic E-state index is 13.4. The largest absolute Gasteiger partial charge is 0.466 e. The Balaban J connectivity index is 1.28. The van der Waals surface area contributed by atoms with Crippen LogP contribution in [0.2, 0.25) is 5.02 Å². The van der Waals surface area contributed by atoms with E-state index in [2.05, 4.69) is 57.3 Å². The number of nitrogens with zero attached hydrogens (tertiary/aromatic N) is 8. The first-order valence-corrected chi connectivity index (χ1v) is 19.5. The van der Waals surface area contributed by atoms with Gasteiger partial charge in [0, 0.05) is 57.7 Å². The number of benzene rings is 1. The number of piperidine rings is 1. The van der Waals surface area contributed by atoms with E-state index in [0.717, 1.165) is 57.7 Å². The van der Waals surface area contributed by atoms with E-state index in [-0.39, 0.29) is 28.4 Å². The lowest BCUT2D eigenvalue weighted by atomic mass is 10.0. The number of aryl methyl sites for hydroxylation is 1. The highest BCUT2D eigenvalue weighted by Gasteiger charge is 2.32. The van der Waals surface area contributed by atoms with E-state index >= 15 is 0 Å². The molecule has 0 amide bonds. The third-order valence-electron chi connectivity index (χ3n) is 9.01. The van der Waals surface area contributed by atoms with Gasteiger partial charge >= 0.3 is 6.18 Å². The van der Waals surface area contributed by atoms with Crippen molar-refractivity contribution in [1.82, 2.24) is 34.7 Å². The molecule has 0 unspecified atom stereocenters. The summed E-state index contributed by atoms with van der Waals surface area (Å²) in [5.41, 5.74) is 2.58. The minimum Gasteiger partial charge on any atom is -0.466 e. The number of fused-ring (bicyclic) bond motifs is 1. The molecular weight excluding hydrogens is 692 g/mol. The number of pyridine rings is 1. The number of rotatable bonds is 10. The van der Waals surface area contributed by atoms with Crippen LogP contribution in [0.25, 0.3) is 11.0 Å². The van der Waals surface area contributed by atoms with Crippen molar-refractivity contribution < 1.29 is 22.5 Å². The Bertz CT molecular complexity index is 1880. The van der Waals surface area contributed by atoms with Gasteiger partial charge in [-0.3, -0.25) is 14.9 Å². The average Bonchev–Trinajstić information content (AvgIpc) is 3.08. The first-order chi connectivity index (χ1) is 23.8. The molecule has 0 atom stereocenters. The second-order valence-electron chi connectivity index (χ2n) is 13.0. The predicted octanol–water partition coefficient (Wildman–Crippen LogP) is 5.92. The van der Waals surface area contributed by atoms with Gasteiger partial charge < -0.3 is 29.7 Å². The molecule has 5 heterocycles. The van der Waals surface area contributed by atoms with Crippen molar-refractivity contribution in [3.05, 3.63) is 47.4 Å². The molecular formula is C33H41ClF3N10O2P. The van der Waals surface area contributed by atoms with E-state index in [1.54, 1.807) is 37.7 Å². The van der Waals surface area contributed by atoms with E-state index < -0.39 is 19.9 Å². The zero-order valence-electron chi connectivity index (χ0n) is 28.5. The van der Waals surface area contributed by atoms with Crippen molar-refractivity contribution >= 4 is 64.0 Å². The standard InChI is InChI=1S/C33H41ClF3N10O2P/c1-5-21-18-26(31(49-20-33(35,36)37)44-30(21)47-12-8-22(9-13-47)46-16-14-45(2)15-17-46)42-32-40-19-23(34)29(43-32)41-25-7-6-24-27(39-11-10-38-24)28(25)50(3,4)48/h6-7,10-11,18-19,22H,5,8-9,12-17,20H2,1-4H3,(H2,40,41,42,43). The summed E-state index contributed by atoms with van der Waals surface area (Å²) in [7, 11) is -0.741. The van der Waals surface area contributed by atoms with Gasteiger partial charge in [0.1, 0.15) is 29.2 Å². The molecule has 3 aromatic heterocycles. The van der Waals surface area contributed by atoms with Gasteiger partial charge in [-0.15, -0.1) is 0 Å². The number of aromatic nitrogens is 5. The quantitative estimate of drug-likeness (QED) is 0.188. The maximum Gasteiger partial charge on any atom is 0.422 e. The number of halogens is 4. The van der Waals surface area contributed by atoms with Gasteiger partial charge in [0.15, 0.2) is 12.4 Å². The molecule has 4 aromatic rings. The first kappa shape index (κ1) is 36.0. The molecule has 268 valence electrons. The van der Waals surface area contributed by atoms with E-state index in [1.165, 1.54) is 12.4 Å². The van der Waals surface area contributed by atoms with E-state index in [4.69, 9.17) is 16.3 Å². The fraction of sp³-hybridized carbons (Fsp3) is 0.485. The van der Waals surface area contributed by atoms with Crippen LogP contribution >= 0.6 is 18.7 Å². The fourth-order valence-electron chi connectivity index (χ4n) is 6.47. The number of piperazine rings is 1. The second-order valence-corrected chi connectivity index (χ2v) is 16.6. The van der Waals surface area contributed by atoms with Crippen LogP contribution in [0.3, 0.4) is 0 Å². The van der Waals surface area contributed by atoms with Crippen LogP contribution in [-0.4, -0.2) is 113 Å². The minimum atomic E-state index is -4.57. The van der Waals surface area contributed by atoms with Crippen molar-refractivity contribution in [2.24, 2.45) is 0 Å². The Labute approximate surface area is 294 Å². The van der Waals surface area contributed by atoms with Crippen molar-refractivity contribution in [2.45, 2.75) is 38.4 Å². The first-order valence-electron chi connectivity index (χ1n) is 16.6.